The van der Waals surface area contributed by atoms with Gasteiger partial charge in [0, 0.05) is 11.6 Å². The van der Waals surface area contributed by atoms with Gasteiger partial charge in [-0.15, -0.1) is 0 Å². The summed E-state index contributed by atoms with van der Waals surface area (Å²) in [5.41, 5.74) is 4.77. The molecule has 1 fully saturated rings. The van der Waals surface area contributed by atoms with E-state index in [4.69, 9.17) is 20.0 Å². The molecule has 0 spiro atoms. The Morgan fingerprint density at radius 1 is 1.15 bits per heavy atom. The number of hydrogen-bond donors (Lipinski definition) is 2. The average Bonchev–Trinajstić information content (AvgIpc) is 3.14. The lowest BCUT2D eigenvalue weighted by molar-refractivity contribution is 0.446. The predicted octanol–water partition coefficient (Wildman–Crippen LogP) is 3.41. The third kappa shape index (κ3) is 3.74. The van der Waals surface area contributed by atoms with Crippen molar-refractivity contribution < 1.29 is 4.74 Å². The third-order valence-electron chi connectivity index (χ3n) is 5.36. The second-order valence-electron chi connectivity index (χ2n) is 7.45. The van der Waals surface area contributed by atoms with E-state index in [1.54, 1.807) is 0 Å². The van der Waals surface area contributed by atoms with Gasteiger partial charge in [0.05, 0.1) is 17.3 Å². The topological polar surface area (TPSA) is 82.9 Å². The number of nitrogens with zero attached hydrogens (tertiary/aromatic N) is 3. The molecule has 0 amide bonds. The molecule has 1 aliphatic carbocycles. The minimum atomic E-state index is 0.400. The summed E-state index contributed by atoms with van der Waals surface area (Å²) < 4.78 is 6.30. The maximum atomic E-state index is 9.16. The Balaban J connectivity index is 1.65. The molecular formula is C21H25N5O. The molecule has 0 radical (unpaired) electrons. The Morgan fingerprint density at radius 2 is 1.89 bits per heavy atom. The molecule has 1 aromatic heterocycles. The molecule has 1 saturated heterocycles. The van der Waals surface area contributed by atoms with Crippen molar-refractivity contribution in [3.05, 3.63) is 40.1 Å². The number of anilines is 1. The van der Waals surface area contributed by atoms with Crippen molar-refractivity contribution in [1.82, 2.24) is 15.3 Å². The van der Waals surface area contributed by atoms with Gasteiger partial charge >= 0.3 is 0 Å². The maximum absolute atomic E-state index is 9.16. The van der Waals surface area contributed by atoms with Crippen LogP contribution in [0.3, 0.4) is 0 Å². The summed E-state index contributed by atoms with van der Waals surface area (Å²) >= 11 is 0. The van der Waals surface area contributed by atoms with Gasteiger partial charge in [-0.3, -0.25) is 0 Å². The molecule has 2 aliphatic rings. The van der Waals surface area contributed by atoms with E-state index in [-0.39, 0.29) is 0 Å². The van der Waals surface area contributed by atoms with E-state index in [0.29, 0.717) is 23.4 Å². The molecule has 140 valence electrons. The summed E-state index contributed by atoms with van der Waals surface area (Å²) in [6.07, 6.45) is 5.16. The minimum absolute atomic E-state index is 0.400. The molecule has 6 nitrogen and oxygen atoms in total. The van der Waals surface area contributed by atoms with E-state index in [9.17, 15) is 0 Å². The number of piperidine rings is 1. The second kappa shape index (κ2) is 7.53. The number of aryl methyl sites for hydroxylation is 3. The second-order valence-corrected chi connectivity index (χ2v) is 7.45. The van der Waals surface area contributed by atoms with Crippen LogP contribution in [0.25, 0.3) is 0 Å². The standard InChI is InChI=1S/C21H25N5O/c1-13-10-15(12-22)11-14(2)19(13)27-20-17-4-3-5-18(17)25-21(26-20)24-16-6-8-23-9-7-16/h10-11,16,23H,3-9H2,1-2H3,(H,24,25,26). The van der Waals surface area contributed by atoms with Crippen LogP contribution in [0, 0.1) is 25.2 Å². The van der Waals surface area contributed by atoms with Gasteiger partial charge in [-0.2, -0.15) is 10.2 Å². The molecule has 2 aromatic rings. The number of aromatic nitrogens is 2. The van der Waals surface area contributed by atoms with Gasteiger partial charge in [0.1, 0.15) is 5.75 Å². The van der Waals surface area contributed by atoms with Crippen molar-refractivity contribution in [3.8, 4) is 17.7 Å². The monoisotopic (exact) mass is 363 g/mol. The highest BCUT2D eigenvalue weighted by molar-refractivity contribution is 5.50. The van der Waals surface area contributed by atoms with Crippen LogP contribution in [0.4, 0.5) is 5.95 Å². The number of ether oxygens (including phenoxy) is 1. The van der Waals surface area contributed by atoms with Crippen LogP contribution in [0.1, 0.15) is 47.2 Å². The summed E-state index contributed by atoms with van der Waals surface area (Å²) in [5.74, 6) is 2.11. The van der Waals surface area contributed by atoms with Crippen LogP contribution in [0.5, 0.6) is 11.6 Å². The molecule has 27 heavy (non-hydrogen) atoms. The SMILES string of the molecule is Cc1cc(C#N)cc(C)c1Oc1nc(NC2CCNCC2)nc2c1CCC2. The van der Waals surface area contributed by atoms with Gasteiger partial charge in [0.2, 0.25) is 11.8 Å². The zero-order valence-corrected chi connectivity index (χ0v) is 15.9. The highest BCUT2D eigenvalue weighted by atomic mass is 16.5. The van der Waals surface area contributed by atoms with Crippen molar-refractivity contribution in [2.45, 2.75) is 52.0 Å². The van der Waals surface area contributed by atoms with Gasteiger partial charge in [-0.05, 0) is 82.3 Å². The van der Waals surface area contributed by atoms with Crippen molar-refractivity contribution in [1.29, 1.82) is 5.26 Å². The van der Waals surface area contributed by atoms with E-state index in [1.807, 2.05) is 26.0 Å². The Hall–Kier alpha value is -2.65. The third-order valence-corrected chi connectivity index (χ3v) is 5.36. The van der Waals surface area contributed by atoms with E-state index >= 15 is 0 Å². The molecule has 0 saturated carbocycles. The van der Waals surface area contributed by atoms with Gasteiger partial charge in [-0.25, -0.2) is 4.98 Å². The molecule has 0 atom stereocenters. The first-order valence-corrected chi connectivity index (χ1v) is 9.70. The molecule has 1 aromatic carbocycles. The molecule has 6 heteroatoms. The van der Waals surface area contributed by atoms with Crippen molar-refractivity contribution in [2.24, 2.45) is 0 Å². The molecule has 2 heterocycles. The average molecular weight is 363 g/mol. The van der Waals surface area contributed by atoms with E-state index in [2.05, 4.69) is 16.7 Å². The number of rotatable bonds is 4. The normalized spacial score (nSPS) is 16.6. The fourth-order valence-electron chi connectivity index (χ4n) is 3.97. The van der Waals surface area contributed by atoms with Crippen LogP contribution in [0.15, 0.2) is 12.1 Å². The lowest BCUT2D eigenvalue weighted by Gasteiger charge is -2.24. The molecule has 4 rings (SSSR count). The van der Waals surface area contributed by atoms with Crippen LogP contribution >= 0.6 is 0 Å². The number of fused-ring (bicyclic) bond motifs is 1. The fraction of sp³-hybridized carbons (Fsp3) is 0.476. The smallest absolute Gasteiger partial charge is 0.227 e. The van der Waals surface area contributed by atoms with Crippen molar-refractivity contribution in [3.63, 3.8) is 0 Å². The highest BCUT2D eigenvalue weighted by Gasteiger charge is 2.23. The Kier molecular flexibility index (Phi) is 4.95. The van der Waals surface area contributed by atoms with Crippen LogP contribution in [-0.2, 0) is 12.8 Å². The van der Waals surface area contributed by atoms with E-state index < -0.39 is 0 Å². The largest absolute Gasteiger partial charge is 0.438 e. The van der Waals surface area contributed by atoms with Crippen molar-refractivity contribution >= 4 is 5.95 Å². The molecular weight excluding hydrogens is 338 g/mol. The zero-order valence-electron chi connectivity index (χ0n) is 15.9. The van der Waals surface area contributed by atoms with Gasteiger partial charge in [0.25, 0.3) is 0 Å². The summed E-state index contributed by atoms with van der Waals surface area (Å²) in [5, 5.41) is 16.0. The Morgan fingerprint density at radius 3 is 2.59 bits per heavy atom. The summed E-state index contributed by atoms with van der Waals surface area (Å²) in [6, 6.07) is 6.32. The number of nitrogens with one attached hydrogen (secondary N) is 2. The molecule has 0 bridgehead atoms. The first-order chi connectivity index (χ1) is 13.1. The first kappa shape index (κ1) is 17.7. The summed E-state index contributed by atoms with van der Waals surface area (Å²) in [7, 11) is 0. The van der Waals surface area contributed by atoms with Crippen LogP contribution < -0.4 is 15.4 Å². The highest BCUT2D eigenvalue weighted by Crippen LogP contribution is 2.35. The van der Waals surface area contributed by atoms with E-state index in [0.717, 1.165) is 73.3 Å². The number of hydrogen-bond acceptors (Lipinski definition) is 6. The number of benzene rings is 1. The lowest BCUT2D eigenvalue weighted by Crippen LogP contribution is -2.35. The van der Waals surface area contributed by atoms with E-state index in [1.165, 1.54) is 0 Å². The summed E-state index contributed by atoms with van der Waals surface area (Å²) in [4.78, 5) is 9.48. The van der Waals surface area contributed by atoms with Crippen LogP contribution in [0.2, 0.25) is 0 Å². The molecule has 1 aliphatic heterocycles. The first-order valence-electron chi connectivity index (χ1n) is 9.70. The predicted molar refractivity (Wildman–Crippen MR) is 104 cm³/mol. The van der Waals surface area contributed by atoms with Crippen LogP contribution in [-0.4, -0.2) is 29.1 Å². The Bertz CT molecular complexity index is 873. The van der Waals surface area contributed by atoms with Gasteiger partial charge < -0.3 is 15.4 Å². The fourth-order valence-corrected chi connectivity index (χ4v) is 3.97. The molecule has 2 N–H and O–H groups in total. The minimum Gasteiger partial charge on any atom is -0.438 e. The Labute approximate surface area is 160 Å². The lowest BCUT2D eigenvalue weighted by atomic mass is 10.1. The maximum Gasteiger partial charge on any atom is 0.227 e. The summed E-state index contributed by atoms with van der Waals surface area (Å²) in [6.45, 7) is 5.99. The quantitative estimate of drug-likeness (QED) is 0.866. The molecule has 0 unspecified atom stereocenters. The number of nitriles is 1. The van der Waals surface area contributed by atoms with Gasteiger partial charge in [-0.1, -0.05) is 0 Å². The van der Waals surface area contributed by atoms with Crippen molar-refractivity contribution in [2.75, 3.05) is 18.4 Å². The zero-order chi connectivity index (χ0) is 18.8. The van der Waals surface area contributed by atoms with Gasteiger partial charge in [0.15, 0.2) is 0 Å².